The number of methoxy groups -OCH3 is 1. The highest BCUT2D eigenvalue weighted by molar-refractivity contribution is 7.18. The minimum absolute atomic E-state index is 0.161. The molecule has 1 fully saturated rings. The van der Waals surface area contributed by atoms with Crippen molar-refractivity contribution < 1.29 is 23.9 Å². The average molecular weight is 416 g/mol. The summed E-state index contributed by atoms with van der Waals surface area (Å²) in [6, 6.07) is 9.69. The molecule has 7 nitrogen and oxygen atoms in total. The fourth-order valence-corrected chi connectivity index (χ4v) is 4.33. The highest BCUT2D eigenvalue weighted by Crippen LogP contribution is 2.34. The zero-order chi connectivity index (χ0) is 20.8. The fourth-order valence-electron chi connectivity index (χ4n) is 3.16. The number of anilines is 1. The first-order chi connectivity index (χ1) is 14.0. The Morgan fingerprint density at radius 2 is 1.86 bits per heavy atom. The summed E-state index contributed by atoms with van der Waals surface area (Å²) in [5.41, 5.74) is 1.82. The Hall–Kier alpha value is -2.71. The van der Waals surface area contributed by atoms with Gasteiger partial charge in [0.05, 0.1) is 30.8 Å². The molecule has 0 bridgehead atoms. The molecule has 0 atom stereocenters. The highest BCUT2D eigenvalue weighted by Gasteiger charge is 2.29. The van der Waals surface area contributed by atoms with E-state index < -0.39 is 5.97 Å². The molecule has 2 amide bonds. The van der Waals surface area contributed by atoms with E-state index in [0.29, 0.717) is 48.2 Å². The van der Waals surface area contributed by atoms with E-state index in [1.807, 2.05) is 30.3 Å². The van der Waals surface area contributed by atoms with Gasteiger partial charge in [-0.05, 0) is 24.5 Å². The van der Waals surface area contributed by atoms with E-state index >= 15 is 0 Å². The summed E-state index contributed by atoms with van der Waals surface area (Å²) >= 11 is 1.12. The van der Waals surface area contributed by atoms with Crippen molar-refractivity contribution in [1.82, 2.24) is 4.90 Å². The number of nitrogens with one attached hydrogen (secondary N) is 1. The van der Waals surface area contributed by atoms with Gasteiger partial charge in [-0.15, -0.1) is 11.3 Å². The third-order valence-corrected chi connectivity index (χ3v) is 5.96. The first kappa shape index (κ1) is 21.0. The van der Waals surface area contributed by atoms with Crippen molar-refractivity contribution in [3.8, 4) is 0 Å². The molecule has 8 heteroatoms. The molecule has 0 aliphatic carbocycles. The summed E-state index contributed by atoms with van der Waals surface area (Å²) in [5, 5.41) is 3.15. The molecule has 154 valence electrons. The number of carbonyl (C=O) groups excluding carboxylic acids is 3. The van der Waals surface area contributed by atoms with Crippen LogP contribution < -0.4 is 5.32 Å². The summed E-state index contributed by atoms with van der Waals surface area (Å²) in [7, 11) is 1.28. The van der Waals surface area contributed by atoms with E-state index in [4.69, 9.17) is 9.47 Å². The first-order valence-corrected chi connectivity index (χ1v) is 10.3. The molecule has 29 heavy (non-hydrogen) atoms. The number of hydrogen-bond donors (Lipinski definition) is 1. The largest absolute Gasteiger partial charge is 0.465 e. The van der Waals surface area contributed by atoms with Crippen LogP contribution in [0.1, 0.15) is 37.6 Å². The Morgan fingerprint density at radius 1 is 1.17 bits per heavy atom. The maximum absolute atomic E-state index is 12.9. The van der Waals surface area contributed by atoms with Crippen LogP contribution in [0.3, 0.4) is 0 Å². The lowest BCUT2D eigenvalue weighted by atomic mass is 10.1. The van der Waals surface area contributed by atoms with E-state index in [1.165, 1.54) is 7.11 Å². The number of nitrogens with zero attached hydrogens (tertiary/aromatic N) is 1. The number of esters is 1. The van der Waals surface area contributed by atoms with Crippen LogP contribution in [0.4, 0.5) is 5.00 Å². The maximum atomic E-state index is 12.9. The van der Waals surface area contributed by atoms with Gasteiger partial charge >= 0.3 is 5.97 Å². The lowest BCUT2D eigenvalue weighted by Gasteiger charge is -2.26. The molecular formula is C21H24N2O5S. The van der Waals surface area contributed by atoms with Crippen molar-refractivity contribution in [3.05, 3.63) is 51.9 Å². The van der Waals surface area contributed by atoms with Gasteiger partial charge in [-0.25, -0.2) is 4.79 Å². The molecule has 2 heterocycles. The highest BCUT2D eigenvalue weighted by atomic mass is 32.1. The number of carbonyl (C=O) groups is 3. The third kappa shape index (κ3) is 5.02. The average Bonchev–Trinajstić information content (AvgIpc) is 3.08. The predicted octanol–water partition coefficient (Wildman–Crippen LogP) is 2.89. The summed E-state index contributed by atoms with van der Waals surface area (Å²) in [6.45, 7) is 3.69. The molecule has 3 rings (SSSR count). The third-order valence-electron chi connectivity index (χ3n) is 4.77. The number of thiophene rings is 1. The Labute approximate surface area is 173 Å². The van der Waals surface area contributed by atoms with Crippen LogP contribution in [-0.4, -0.2) is 56.1 Å². The Kier molecular flexibility index (Phi) is 7.00. The van der Waals surface area contributed by atoms with Crippen molar-refractivity contribution in [3.63, 3.8) is 0 Å². The summed E-state index contributed by atoms with van der Waals surface area (Å²) in [6.07, 6.45) is 0.860. The van der Waals surface area contributed by atoms with Gasteiger partial charge in [-0.1, -0.05) is 30.3 Å². The molecule has 0 radical (unpaired) electrons. The number of benzene rings is 1. The van der Waals surface area contributed by atoms with Gasteiger partial charge in [0.1, 0.15) is 5.00 Å². The number of ether oxygens (including phenoxy) is 2. The standard InChI is InChI=1S/C21H24N2O5S/c1-14-17(21(26)27-2)19(22-16(24)9-8-15-6-4-3-5-7-15)29-18(14)20(25)23-10-12-28-13-11-23/h3-7H,8-13H2,1-2H3,(H,22,24). The molecule has 0 saturated carbocycles. The molecule has 0 spiro atoms. The van der Waals surface area contributed by atoms with Crippen molar-refractivity contribution in [2.24, 2.45) is 0 Å². The van der Waals surface area contributed by atoms with E-state index in [0.717, 1.165) is 16.9 Å². The molecule has 1 aromatic carbocycles. The van der Waals surface area contributed by atoms with Gasteiger partial charge in [-0.3, -0.25) is 9.59 Å². The second kappa shape index (κ2) is 9.67. The summed E-state index contributed by atoms with van der Waals surface area (Å²) < 4.78 is 10.2. The van der Waals surface area contributed by atoms with E-state index in [1.54, 1.807) is 11.8 Å². The van der Waals surface area contributed by atoms with E-state index in [-0.39, 0.29) is 23.8 Å². The predicted molar refractivity (Wildman–Crippen MR) is 111 cm³/mol. The number of rotatable bonds is 6. The summed E-state index contributed by atoms with van der Waals surface area (Å²) in [4.78, 5) is 39.8. The zero-order valence-corrected chi connectivity index (χ0v) is 17.3. The first-order valence-electron chi connectivity index (χ1n) is 9.43. The number of amides is 2. The van der Waals surface area contributed by atoms with Crippen LogP contribution in [-0.2, 0) is 20.7 Å². The molecule has 0 unspecified atom stereocenters. The van der Waals surface area contributed by atoms with Crippen LogP contribution in [0.5, 0.6) is 0 Å². The Bertz CT molecular complexity index is 888. The second-order valence-electron chi connectivity index (χ2n) is 6.69. The number of hydrogen-bond acceptors (Lipinski definition) is 6. The zero-order valence-electron chi connectivity index (χ0n) is 16.5. The number of morpholine rings is 1. The minimum Gasteiger partial charge on any atom is -0.465 e. The Balaban J connectivity index is 1.78. The smallest absolute Gasteiger partial charge is 0.341 e. The van der Waals surface area contributed by atoms with Crippen molar-refractivity contribution in [2.75, 3.05) is 38.7 Å². The summed E-state index contributed by atoms with van der Waals surface area (Å²) in [5.74, 6) is -0.950. The van der Waals surface area contributed by atoms with Crippen molar-refractivity contribution >= 4 is 34.1 Å². The molecule has 1 aromatic heterocycles. The van der Waals surface area contributed by atoms with Crippen LogP contribution in [0.2, 0.25) is 0 Å². The normalized spacial score (nSPS) is 13.8. The van der Waals surface area contributed by atoms with Gasteiger partial charge in [-0.2, -0.15) is 0 Å². The van der Waals surface area contributed by atoms with Crippen molar-refractivity contribution in [1.29, 1.82) is 0 Å². The lowest BCUT2D eigenvalue weighted by molar-refractivity contribution is -0.116. The monoisotopic (exact) mass is 416 g/mol. The maximum Gasteiger partial charge on any atom is 0.341 e. The van der Waals surface area contributed by atoms with Crippen LogP contribution in [0.15, 0.2) is 30.3 Å². The molecule has 2 aromatic rings. The van der Waals surface area contributed by atoms with Crippen LogP contribution >= 0.6 is 11.3 Å². The van der Waals surface area contributed by atoms with Crippen molar-refractivity contribution in [2.45, 2.75) is 19.8 Å². The topological polar surface area (TPSA) is 84.9 Å². The SMILES string of the molecule is COC(=O)c1c(NC(=O)CCc2ccccc2)sc(C(=O)N2CCOCC2)c1C. The minimum atomic E-state index is -0.571. The molecule has 1 aliphatic heterocycles. The van der Waals surface area contributed by atoms with Gasteiger partial charge in [0.15, 0.2) is 0 Å². The van der Waals surface area contributed by atoms with Gasteiger partial charge in [0.2, 0.25) is 5.91 Å². The lowest BCUT2D eigenvalue weighted by Crippen LogP contribution is -2.40. The van der Waals surface area contributed by atoms with E-state index in [9.17, 15) is 14.4 Å². The van der Waals surface area contributed by atoms with E-state index in [2.05, 4.69) is 5.32 Å². The quantitative estimate of drug-likeness (QED) is 0.732. The van der Waals surface area contributed by atoms with Crippen LogP contribution in [0, 0.1) is 6.92 Å². The number of aryl methyl sites for hydroxylation is 1. The molecule has 1 aliphatic rings. The molecule has 1 saturated heterocycles. The van der Waals surface area contributed by atoms with Gasteiger partial charge in [0, 0.05) is 19.5 Å². The molecular weight excluding hydrogens is 392 g/mol. The Morgan fingerprint density at radius 3 is 2.52 bits per heavy atom. The van der Waals surface area contributed by atoms with Gasteiger partial charge in [0.25, 0.3) is 5.91 Å². The van der Waals surface area contributed by atoms with Gasteiger partial charge < -0.3 is 19.7 Å². The second-order valence-corrected chi connectivity index (χ2v) is 7.71. The van der Waals surface area contributed by atoms with Crippen LogP contribution in [0.25, 0.3) is 0 Å². The fraction of sp³-hybridized carbons (Fsp3) is 0.381. The molecule has 1 N–H and O–H groups in total.